The Morgan fingerprint density at radius 3 is 1.47 bits per heavy atom. The van der Waals surface area contributed by atoms with E-state index >= 15 is 0 Å². The molecular formula is C12H8O3. The van der Waals surface area contributed by atoms with Crippen molar-refractivity contribution in [2.75, 3.05) is 7.11 Å². The van der Waals surface area contributed by atoms with Gasteiger partial charge in [-0.3, -0.25) is 9.47 Å². The number of ether oxygens (including phenoxy) is 3. The molecule has 1 heterocycles. The quantitative estimate of drug-likeness (QED) is 0.556. The third kappa shape index (κ3) is 1.28. The van der Waals surface area contributed by atoms with Crippen LogP contribution in [0.15, 0.2) is 0 Å². The zero-order valence-electron chi connectivity index (χ0n) is 8.11. The highest BCUT2D eigenvalue weighted by molar-refractivity contribution is 5.48. The summed E-state index contributed by atoms with van der Waals surface area (Å²) < 4.78 is 15.2. The van der Waals surface area contributed by atoms with Crippen molar-refractivity contribution in [2.24, 2.45) is 0 Å². The number of hydrogen-bond acceptors (Lipinski definition) is 3. The third-order valence-electron chi connectivity index (χ3n) is 2.05. The van der Waals surface area contributed by atoms with E-state index in [0.717, 1.165) is 0 Å². The van der Waals surface area contributed by atoms with E-state index in [2.05, 4.69) is 23.7 Å². The number of hydrogen-bond donors (Lipinski definition) is 0. The van der Waals surface area contributed by atoms with Crippen molar-refractivity contribution >= 4 is 0 Å². The summed E-state index contributed by atoms with van der Waals surface area (Å²) in [6, 6.07) is 0. The highest BCUT2D eigenvalue weighted by Gasteiger charge is 2.59. The molecule has 0 aromatic rings. The Bertz CT molecular complexity index is 354. The van der Waals surface area contributed by atoms with Crippen molar-refractivity contribution in [3.05, 3.63) is 0 Å². The van der Waals surface area contributed by atoms with Gasteiger partial charge >= 0.3 is 0 Å². The monoisotopic (exact) mass is 200 g/mol. The van der Waals surface area contributed by atoms with Crippen LogP contribution in [0.2, 0.25) is 0 Å². The molecule has 3 heteroatoms. The van der Waals surface area contributed by atoms with Gasteiger partial charge < -0.3 is 4.74 Å². The fourth-order valence-corrected chi connectivity index (χ4v) is 1.20. The lowest BCUT2D eigenvalue weighted by Crippen LogP contribution is -2.47. The third-order valence-corrected chi connectivity index (χ3v) is 2.05. The van der Waals surface area contributed by atoms with Crippen molar-refractivity contribution in [1.29, 1.82) is 0 Å². The lowest BCUT2D eigenvalue weighted by Gasteiger charge is -2.25. The summed E-state index contributed by atoms with van der Waals surface area (Å²) in [5, 5.41) is 0. The minimum Gasteiger partial charge on any atom is -0.333 e. The van der Waals surface area contributed by atoms with E-state index in [4.69, 9.17) is 39.9 Å². The molecule has 0 radical (unpaired) electrons. The van der Waals surface area contributed by atoms with E-state index in [9.17, 15) is 0 Å². The van der Waals surface area contributed by atoms with Crippen molar-refractivity contribution in [2.45, 2.75) is 17.7 Å². The zero-order valence-corrected chi connectivity index (χ0v) is 8.11. The Hall–Kier alpha value is -1.88. The van der Waals surface area contributed by atoms with E-state index in [1.54, 1.807) is 0 Å². The Kier molecular flexibility index (Phi) is 2.76. The smallest absolute Gasteiger partial charge is 0.276 e. The van der Waals surface area contributed by atoms with Crippen LogP contribution in [0.1, 0.15) is 0 Å². The van der Waals surface area contributed by atoms with Crippen LogP contribution in [0.25, 0.3) is 0 Å². The summed E-state index contributed by atoms with van der Waals surface area (Å²) in [5.41, 5.74) is -3.20. The molecule has 0 N–H and O–H groups in total. The van der Waals surface area contributed by atoms with Crippen LogP contribution in [-0.4, -0.2) is 24.8 Å². The van der Waals surface area contributed by atoms with Gasteiger partial charge in [0.25, 0.3) is 6.48 Å². The lowest BCUT2D eigenvalue weighted by atomic mass is 9.85. The van der Waals surface area contributed by atoms with Crippen LogP contribution in [0, 0.1) is 49.4 Å². The Morgan fingerprint density at radius 1 is 0.933 bits per heavy atom. The van der Waals surface area contributed by atoms with Gasteiger partial charge in [0.15, 0.2) is 0 Å². The van der Waals surface area contributed by atoms with Gasteiger partial charge in [0.2, 0.25) is 11.2 Å². The Morgan fingerprint density at radius 2 is 1.27 bits per heavy atom. The molecule has 1 saturated heterocycles. The molecule has 0 aromatic carbocycles. The molecule has 0 unspecified atom stereocenters. The molecule has 0 atom stereocenters. The molecule has 0 amide bonds. The van der Waals surface area contributed by atoms with Crippen LogP contribution < -0.4 is 0 Å². The topological polar surface area (TPSA) is 27.7 Å². The van der Waals surface area contributed by atoms with Crippen LogP contribution in [0.4, 0.5) is 0 Å². The normalized spacial score (nSPS) is 21.9. The molecule has 0 bridgehead atoms. The summed E-state index contributed by atoms with van der Waals surface area (Å²) >= 11 is 0. The summed E-state index contributed by atoms with van der Waals surface area (Å²) in [5.74, 6) is 8.94. The summed E-state index contributed by atoms with van der Waals surface area (Å²) in [4.78, 5) is 0. The van der Waals surface area contributed by atoms with Crippen LogP contribution >= 0.6 is 0 Å². The molecule has 0 saturated carbocycles. The summed E-state index contributed by atoms with van der Waals surface area (Å²) in [6.45, 7) is -1.07. The minimum absolute atomic E-state index is 1.07. The Balaban J connectivity index is 3.30. The lowest BCUT2D eigenvalue weighted by molar-refractivity contribution is -0.231. The first-order valence-electron chi connectivity index (χ1n) is 3.93. The molecule has 1 rings (SSSR count). The average Bonchev–Trinajstić information content (AvgIpc) is 2.64. The number of rotatable bonds is 1. The second kappa shape index (κ2) is 3.70. The summed E-state index contributed by atoms with van der Waals surface area (Å²) in [7, 11) is 1.35. The van der Waals surface area contributed by atoms with Crippen LogP contribution in [0.5, 0.6) is 0 Å². The highest BCUT2D eigenvalue weighted by atomic mass is 16.9. The largest absolute Gasteiger partial charge is 0.333 e. The van der Waals surface area contributed by atoms with E-state index in [0.29, 0.717) is 0 Å². The molecule has 0 aromatic heterocycles. The maximum absolute atomic E-state index is 5.28. The average molecular weight is 200 g/mol. The zero-order chi connectivity index (χ0) is 11.5. The first-order valence-corrected chi connectivity index (χ1v) is 3.93. The van der Waals surface area contributed by atoms with Crippen molar-refractivity contribution in [3.8, 4) is 49.4 Å². The van der Waals surface area contributed by atoms with Gasteiger partial charge in [0, 0.05) is 7.11 Å². The first kappa shape index (κ1) is 11.2. The molecule has 3 nitrogen and oxygen atoms in total. The predicted molar refractivity (Wildman–Crippen MR) is 53.8 cm³/mol. The van der Waals surface area contributed by atoms with Crippen LogP contribution in [-0.2, 0) is 14.2 Å². The van der Waals surface area contributed by atoms with Crippen molar-refractivity contribution in [1.82, 2.24) is 0 Å². The highest BCUT2D eigenvalue weighted by Crippen LogP contribution is 2.38. The molecule has 74 valence electrons. The predicted octanol–water partition coefficient (Wildman–Crippen LogP) is -0.0264. The number of methoxy groups -OCH3 is 1. The van der Waals surface area contributed by atoms with E-state index in [-0.39, 0.29) is 0 Å². The molecule has 1 fully saturated rings. The second-order valence-electron chi connectivity index (χ2n) is 2.70. The fourth-order valence-electron chi connectivity index (χ4n) is 1.20. The first-order chi connectivity index (χ1) is 7.13. The molecule has 0 spiro atoms. The summed E-state index contributed by atoms with van der Waals surface area (Å²) in [6.07, 6.45) is 21.1. The molecule has 1 aliphatic rings. The van der Waals surface area contributed by atoms with E-state index < -0.39 is 17.7 Å². The van der Waals surface area contributed by atoms with Gasteiger partial charge in [-0.1, -0.05) is 23.7 Å². The fraction of sp³-hybridized carbons (Fsp3) is 0.333. The molecule has 15 heavy (non-hydrogen) atoms. The maximum atomic E-state index is 5.28. The van der Waals surface area contributed by atoms with Crippen molar-refractivity contribution in [3.63, 3.8) is 0 Å². The van der Waals surface area contributed by atoms with E-state index in [1.165, 1.54) is 7.11 Å². The minimum atomic E-state index is -1.60. The van der Waals surface area contributed by atoms with Gasteiger partial charge in [-0.25, -0.2) is 0 Å². The van der Waals surface area contributed by atoms with Crippen molar-refractivity contribution < 1.29 is 14.2 Å². The molecule has 1 aliphatic heterocycles. The number of terminal acetylenes is 4. The molecule has 0 aliphatic carbocycles. The van der Waals surface area contributed by atoms with E-state index in [1.807, 2.05) is 0 Å². The van der Waals surface area contributed by atoms with Gasteiger partial charge in [-0.2, -0.15) is 0 Å². The van der Waals surface area contributed by atoms with Gasteiger partial charge in [0.05, 0.1) is 0 Å². The molecular weight excluding hydrogens is 192 g/mol. The second-order valence-corrected chi connectivity index (χ2v) is 2.70. The standard InChI is InChI=1S/C12H8O3/c1-6-11(7-2)12(8-3,9-4)15-10(13-5)14-11/h1-4,10H,5H3. The van der Waals surface area contributed by atoms with Gasteiger partial charge in [-0.15, -0.1) is 25.7 Å². The Labute approximate surface area is 89.1 Å². The van der Waals surface area contributed by atoms with Gasteiger partial charge in [-0.05, 0) is 0 Å². The van der Waals surface area contributed by atoms with Gasteiger partial charge in [0.1, 0.15) is 0 Å². The SMILES string of the molecule is C#CC1(C#C)OC(OC)OC1(C#C)C#C. The van der Waals surface area contributed by atoms with Crippen LogP contribution in [0.3, 0.4) is 0 Å². The maximum Gasteiger partial charge on any atom is 0.276 e.